The second-order valence-electron chi connectivity index (χ2n) is 6.05. The lowest BCUT2D eigenvalue weighted by Gasteiger charge is -2.19. The van der Waals surface area contributed by atoms with E-state index in [9.17, 15) is 4.39 Å². The second kappa shape index (κ2) is 11.7. The molecule has 0 saturated heterocycles. The summed E-state index contributed by atoms with van der Waals surface area (Å²) >= 11 is 0. The monoisotopic (exact) mass is 475 g/mol. The summed E-state index contributed by atoms with van der Waals surface area (Å²) in [6.07, 6.45) is 3.66. The zero-order valence-corrected chi connectivity index (χ0v) is 17.7. The molecule has 0 bridgehead atoms. The van der Waals surface area contributed by atoms with Crippen LogP contribution in [-0.2, 0) is 6.54 Å². The molecule has 0 aliphatic heterocycles. The third kappa shape index (κ3) is 8.03. The first-order valence-corrected chi connectivity index (χ1v) is 8.41. The Labute approximate surface area is 171 Å². The van der Waals surface area contributed by atoms with Gasteiger partial charge in [0.2, 0.25) is 0 Å². The van der Waals surface area contributed by atoms with Crippen LogP contribution in [0.3, 0.4) is 0 Å². The van der Waals surface area contributed by atoms with Crippen molar-refractivity contribution in [1.82, 2.24) is 20.4 Å². The zero-order chi connectivity index (χ0) is 18.1. The predicted octanol–water partition coefficient (Wildman–Crippen LogP) is 2.91. The molecule has 0 spiro atoms. The molecule has 2 atom stereocenters. The standard InChI is InChI=1S/C18H26FN5O.HI/c1-14(13-24-10-4-9-23-24)11-21-18(20-3)22-12-15(2)25-17-7-5-16(19)6-8-17;/h4-10,14-15H,11-13H2,1-3H3,(H2,20,21,22);1H. The van der Waals surface area contributed by atoms with Gasteiger partial charge >= 0.3 is 0 Å². The van der Waals surface area contributed by atoms with Gasteiger partial charge in [0.15, 0.2) is 5.96 Å². The van der Waals surface area contributed by atoms with E-state index >= 15 is 0 Å². The maximum Gasteiger partial charge on any atom is 0.191 e. The molecule has 26 heavy (non-hydrogen) atoms. The molecule has 0 saturated carbocycles. The van der Waals surface area contributed by atoms with Gasteiger partial charge in [-0.25, -0.2) is 4.39 Å². The van der Waals surface area contributed by atoms with Gasteiger partial charge in [-0.05, 0) is 43.2 Å². The number of benzene rings is 1. The summed E-state index contributed by atoms with van der Waals surface area (Å²) in [5.41, 5.74) is 0. The van der Waals surface area contributed by atoms with Crippen LogP contribution in [0.15, 0.2) is 47.7 Å². The number of guanidine groups is 1. The quantitative estimate of drug-likeness (QED) is 0.350. The summed E-state index contributed by atoms with van der Waals surface area (Å²) < 4.78 is 20.5. The second-order valence-corrected chi connectivity index (χ2v) is 6.05. The smallest absolute Gasteiger partial charge is 0.191 e. The molecular weight excluding hydrogens is 448 g/mol. The van der Waals surface area contributed by atoms with Crippen LogP contribution in [0.5, 0.6) is 5.75 Å². The Kier molecular flexibility index (Phi) is 10.0. The average molecular weight is 475 g/mol. The molecule has 0 aliphatic carbocycles. The van der Waals surface area contributed by atoms with Gasteiger partial charge in [-0.15, -0.1) is 24.0 Å². The molecule has 8 heteroatoms. The number of hydrogen-bond donors (Lipinski definition) is 2. The summed E-state index contributed by atoms with van der Waals surface area (Å²) in [6, 6.07) is 7.93. The highest BCUT2D eigenvalue weighted by Crippen LogP contribution is 2.12. The highest BCUT2D eigenvalue weighted by molar-refractivity contribution is 14.0. The number of aromatic nitrogens is 2. The minimum absolute atomic E-state index is 0. The van der Waals surface area contributed by atoms with Gasteiger partial charge in [-0.2, -0.15) is 5.10 Å². The van der Waals surface area contributed by atoms with Crippen LogP contribution >= 0.6 is 24.0 Å². The topological polar surface area (TPSA) is 63.5 Å². The first-order chi connectivity index (χ1) is 12.1. The van der Waals surface area contributed by atoms with Gasteiger partial charge < -0.3 is 15.4 Å². The fraction of sp³-hybridized carbons (Fsp3) is 0.444. The van der Waals surface area contributed by atoms with Crippen LogP contribution < -0.4 is 15.4 Å². The van der Waals surface area contributed by atoms with Crippen molar-refractivity contribution in [2.75, 3.05) is 20.1 Å². The number of nitrogens with one attached hydrogen (secondary N) is 2. The molecule has 2 N–H and O–H groups in total. The summed E-state index contributed by atoms with van der Waals surface area (Å²) in [6.45, 7) is 6.32. The van der Waals surface area contributed by atoms with E-state index in [1.165, 1.54) is 12.1 Å². The van der Waals surface area contributed by atoms with Crippen LogP contribution in [0.4, 0.5) is 4.39 Å². The third-order valence-corrected chi connectivity index (χ3v) is 3.61. The summed E-state index contributed by atoms with van der Waals surface area (Å²) in [5.74, 6) is 1.51. The Morgan fingerprint density at radius 1 is 1.23 bits per heavy atom. The van der Waals surface area contributed by atoms with Gasteiger partial charge in [0.25, 0.3) is 0 Å². The van der Waals surface area contributed by atoms with Crippen molar-refractivity contribution in [2.45, 2.75) is 26.5 Å². The lowest BCUT2D eigenvalue weighted by molar-refractivity contribution is 0.223. The number of rotatable bonds is 8. The molecule has 1 aromatic heterocycles. The molecule has 2 unspecified atom stereocenters. The SMILES string of the molecule is CN=C(NCC(C)Cn1cccn1)NCC(C)Oc1ccc(F)cc1.I. The Morgan fingerprint density at radius 3 is 2.54 bits per heavy atom. The number of hydrogen-bond acceptors (Lipinski definition) is 3. The summed E-state index contributed by atoms with van der Waals surface area (Å²) in [5, 5.41) is 10.7. The van der Waals surface area contributed by atoms with Crippen LogP contribution in [0.25, 0.3) is 0 Å². The minimum Gasteiger partial charge on any atom is -0.489 e. The van der Waals surface area contributed by atoms with Gasteiger partial charge in [0.1, 0.15) is 17.7 Å². The predicted molar refractivity (Wildman–Crippen MR) is 113 cm³/mol. The van der Waals surface area contributed by atoms with E-state index in [-0.39, 0.29) is 35.9 Å². The molecule has 1 heterocycles. The molecule has 144 valence electrons. The first kappa shape index (κ1) is 22.2. The maximum atomic E-state index is 12.9. The van der Waals surface area contributed by atoms with Crippen molar-refractivity contribution in [3.8, 4) is 5.75 Å². The number of aliphatic imine (C=N–C) groups is 1. The van der Waals surface area contributed by atoms with E-state index in [0.717, 1.165) is 19.0 Å². The third-order valence-electron chi connectivity index (χ3n) is 3.61. The molecule has 2 aromatic rings. The number of nitrogens with zero attached hydrogens (tertiary/aromatic N) is 3. The Bertz CT molecular complexity index is 648. The molecule has 2 rings (SSSR count). The zero-order valence-electron chi connectivity index (χ0n) is 15.4. The van der Waals surface area contributed by atoms with E-state index in [1.807, 2.05) is 23.9 Å². The van der Waals surface area contributed by atoms with Crippen molar-refractivity contribution < 1.29 is 9.13 Å². The van der Waals surface area contributed by atoms with Gasteiger partial charge in [-0.1, -0.05) is 6.92 Å². The molecular formula is C18H27FIN5O. The first-order valence-electron chi connectivity index (χ1n) is 8.41. The Morgan fingerprint density at radius 2 is 1.92 bits per heavy atom. The average Bonchev–Trinajstić information content (AvgIpc) is 3.10. The summed E-state index contributed by atoms with van der Waals surface area (Å²) in [7, 11) is 1.74. The summed E-state index contributed by atoms with van der Waals surface area (Å²) in [4.78, 5) is 4.21. The maximum absolute atomic E-state index is 12.9. The van der Waals surface area contributed by atoms with Crippen molar-refractivity contribution in [2.24, 2.45) is 10.9 Å². The molecule has 0 aliphatic rings. The van der Waals surface area contributed by atoms with Gasteiger partial charge in [0.05, 0.1) is 6.54 Å². The van der Waals surface area contributed by atoms with Crippen molar-refractivity contribution >= 4 is 29.9 Å². The fourth-order valence-corrected chi connectivity index (χ4v) is 2.31. The lowest BCUT2D eigenvalue weighted by atomic mass is 10.2. The fourth-order valence-electron chi connectivity index (χ4n) is 2.31. The lowest BCUT2D eigenvalue weighted by Crippen LogP contribution is -2.43. The Hall–Kier alpha value is -1.84. The molecule has 0 radical (unpaired) electrons. The largest absolute Gasteiger partial charge is 0.489 e. The van der Waals surface area contributed by atoms with E-state index in [0.29, 0.717) is 18.2 Å². The molecule has 0 amide bonds. The normalized spacial score (nSPS) is 13.5. The van der Waals surface area contributed by atoms with Crippen molar-refractivity contribution in [1.29, 1.82) is 0 Å². The minimum atomic E-state index is -0.271. The number of halogens is 2. The highest BCUT2D eigenvalue weighted by atomic mass is 127. The Balaban J connectivity index is 0.00000338. The highest BCUT2D eigenvalue weighted by Gasteiger charge is 2.08. The van der Waals surface area contributed by atoms with E-state index < -0.39 is 0 Å². The molecule has 6 nitrogen and oxygen atoms in total. The number of ether oxygens (including phenoxy) is 1. The van der Waals surface area contributed by atoms with Crippen LogP contribution in [0.2, 0.25) is 0 Å². The van der Waals surface area contributed by atoms with E-state index in [2.05, 4.69) is 27.6 Å². The van der Waals surface area contributed by atoms with E-state index in [4.69, 9.17) is 4.74 Å². The molecule has 1 aromatic carbocycles. The van der Waals surface area contributed by atoms with Crippen LogP contribution in [0, 0.1) is 11.7 Å². The van der Waals surface area contributed by atoms with Gasteiger partial charge in [-0.3, -0.25) is 9.67 Å². The molecule has 0 fully saturated rings. The van der Waals surface area contributed by atoms with E-state index in [1.54, 1.807) is 25.4 Å². The van der Waals surface area contributed by atoms with Crippen LogP contribution in [-0.4, -0.2) is 42.0 Å². The van der Waals surface area contributed by atoms with Gasteiger partial charge in [0, 0.05) is 32.5 Å². The van der Waals surface area contributed by atoms with Crippen LogP contribution in [0.1, 0.15) is 13.8 Å². The van der Waals surface area contributed by atoms with Crippen molar-refractivity contribution in [3.05, 3.63) is 48.5 Å². The van der Waals surface area contributed by atoms with Crippen molar-refractivity contribution in [3.63, 3.8) is 0 Å².